The van der Waals surface area contributed by atoms with Crippen molar-refractivity contribution in [2.75, 3.05) is 13.2 Å². The Morgan fingerprint density at radius 1 is 1.45 bits per heavy atom. The van der Waals surface area contributed by atoms with Crippen LogP contribution in [0.1, 0.15) is 32.8 Å². The quantitative estimate of drug-likeness (QED) is 0.804. The van der Waals surface area contributed by atoms with E-state index in [1.54, 1.807) is 6.92 Å². The highest BCUT2D eigenvalue weighted by atomic mass is 19.1. The van der Waals surface area contributed by atoms with Crippen LogP contribution in [0.4, 0.5) is 4.39 Å². The van der Waals surface area contributed by atoms with Crippen molar-refractivity contribution in [2.24, 2.45) is 0 Å². The van der Waals surface area contributed by atoms with Crippen LogP contribution in [0.2, 0.25) is 0 Å². The minimum absolute atomic E-state index is 0.0263. The van der Waals surface area contributed by atoms with Gasteiger partial charge in [0.15, 0.2) is 0 Å². The van der Waals surface area contributed by atoms with Crippen molar-refractivity contribution in [3.05, 3.63) is 35.6 Å². The number of rotatable bonds is 7. The largest absolute Gasteiger partial charge is 0.384 e. The first kappa shape index (κ1) is 16.6. The van der Waals surface area contributed by atoms with Gasteiger partial charge in [-0.05, 0) is 38.0 Å². The van der Waals surface area contributed by atoms with Crippen molar-refractivity contribution < 1.29 is 19.0 Å². The fourth-order valence-electron chi connectivity index (χ4n) is 1.57. The van der Waals surface area contributed by atoms with Crippen LogP contribution in [0, 0.1) is 5.82 Å². The molecule has 20 heavy (non-hydrogen) atoms. The molecule has 0 aromatic heterocycles. The summed E-state index contributed by atoms with van der Waals surface area (Å²) in [6.45, 7) is 5.44. The topological polar surface area (TPSA) is 58.6 Å². The second kappa shape index (κ2) is 7.36. The summed E-state index contributed by atoms with van der Waals surface area (Å²) in [4.78, 5) is 11.6. The third-order valence-corrected chi connectivity index (χ3v) is 3.17. The number of ether oxygens (including phenoxy) is 1. The van der Waals surface area contributed by atoms with Crippen molar-refractivity contribution in [1.29, 1.82) is 0 Å². The summed E-state index contributed by atoms with van der Waals surface area (Å²) in [7, 11) is 0. The molecule has 0 aliphatic rings. The van der Waals surface area contributed by atoms with Gasteiger partial charge in [-0.25, -0.2) is 4.39 Å². The maximum Gasteiger partial charge on any atom is 0.246 e. The van der Waals surface area contributed by atoms with E-state index in [-0.39, 0.29) is 31.0 Å². The molecule has 0 bridgehead atoms. The van der Waals surface area contributed by atoms with Crippen molar-refractivity contribution in [3.8, 4) is 0 Å². The van der Waals surface area contributed by atoms with Crippen LogP contribution in [0.5, 0.6) is 0 Å². The first-order chi connectivity index (χ1) is 9.35. The molecule has 0 aliphatic carbocycles. The highest BCUT2D eigenvalue weighted by Gasteiger charge is 2.23. The van der Waals surface area contributed by atoms with E-state index in [0.29, 0.717) is 5.56 Å². The molecule has 0 aliphatic heterocycles. The summed E-state index contributed by atoms with van der Waals surface area (Å²) < 4.78 is 18.1. The lowest BCUT2D eigenvalue weighted by Gasteiger charge is -2.24. The van der Waals surface area contributed by atoms with Crippen molar-refractivity contribution in [2.45, 2.75) is 38.9 Å². The molecule has 1 amide bonds. The molecule has 2 N–H and O–H groups in total. The van der Waals surface area contributed by atoms with Crippen LogP contribution in [-0.2, 0) is 15.1 Å². The number of benzene rings is 1. The third kappa shape index (κ3) is 5.27. The number of hydrogen-bond acceptors (Lipinski definition) is 3. The van der Waals surface area contributed by atoms with Gasteiger partial charge in [0.05, 0.1) is 12.6 Å². The Balaban J connectivity index is 2.46. The van der Waals surface area contributed by atoms with E-state index in [1.165, 1.54) is 24.3 Å². The number of amides is 1. The van der Waals surface area contributed by atoms with Gasteiger partial charge in [0.2, 0.25) is 5.91 Å². The Morgan fingerprint density at radius 2 is 2.05 bits per heavy atom. The second-order valence-electron chi connectivity index (χ2n) is 5.09. The van der Waals surface area contributed by atoms with E-state index in [9.17, 15) is 14.3 Å². The minimum Gasteiger partial charge on any atom is -0.384 e. The molecule has 0 heterocycles. The molecule has 1 rings (SSSR count). The number of aliphatic hydroxyl groups is 1. The SMILES string of the molecule is CCC(C)OCC(=O)NCC(C)(O)c1ccc(F)cc1. The third-order valence-electron chi connectivity index (χ3n) is 3.17. The fraction of sp³-hybridized carbons (Fsp3) is 0.533. The Hall–Kier alpha value is -1.46. The van der Waals surface area contributed by atoms with Crippen LogP contribution in [-0.4, -0.2) is 30.3 Å². The molecule has 1 aromatic carbocycles. The lowest BCUT2D eigenvalue weighted by Crippen LogP contribution is -2.40. The van der Waals surface area contributed by atoms with Crippen LogP contribution in [0.3, 0.4) is 0 Å². The number of halogens is 1. The van der Waals surface area contributed by atoms with Gasteiger partial charge in [-0.1, -0.05) is 19.1 Å². The molecular formula is C15H22FNO3. The molecule has 2 atom stereocenters. The van der Waals surface area contributed by atoms with E-state index in [4.69, 9.17) is 4.74 Å². The lowest BCUT2D eigenvalue weighted by atomic mass is 9.96. The summed E-state index contributed by atoms with van der Waals surface area (Å²) >= 11 is 0. The molecule has 4 nitrogen and oxygen atoms in total. The van der Waals surface area contributed by atoms with E-state index in [1.807, 2.05) is 13.8 Å². The van der Waals surface area contributed by atoms with Crippen LogP contribution < -0.4 is 5.32 Å². The van der Waals surface area contributed by atoms with E-state index in [0.717, 1.165) is 6.42 Å². The Labute approximate surface area is 119 Å². The maximum atomic E-state index is 12.8. The van der Waals surface area contributed by atoms with Gasteiger partial charge in [-0.2, -0.15) is 0 Å². The normalized spacial score (nSPS) is 15.4. The van der Waals surface area contributed by atoms with Gasteiger partial charge >= 0.3 is 0 Å². The van der Waals surface area contributed by atoms with Gasteiger partial charge in [0, 0.05) is 0 Å². The van der Waals surface area contributed by atoms with Gasteiger partial charge < -0.3 is 15.2 Å². The first-order valence-corrected chi connectivity index (χ1v) is 6.72. The number of carbonyl (C=O) groups excluding carboxylic acids is 1. The summed E-state index contributed by atoms with van der Waals surface area (Å²) in [5.74, 6) is -0.650. The molecule has 5 heteroatoms. The van der Waals surface area contributed by atoms with Gasteiger partial charge in [-0.15, -0.1) is 0 Å². The summed E-state index contributed by atoms with van der Waals surface area (Å²) in [5.41, 5.74) is -0.707. The molecule has 2 unspecified atom stereocenters. The molecule has 0 saturated heterocycles. The smallest absolute Gasteiger partial charge is 0.246 e. The van der Waals surface area contributed by atoms with Crippen LogP contribution in [0.25, 0.3) is 0 Å². The van der Waals surface area contributed by atoms with Gasteiger partial charge in [0.1, 0.15) is 18.0 Å². The highest BCUT2D eigenvalue weighted by molar-refractivity contribution is 5.77. The van der Waals surface area contributed by atoms with Gasteiger partial charge in [-0.3, -0.25) is 4.79 Å². The summed E-state index contributed by atoms with van der Waals surface area (Å²) in [6, 6.07) is 5.55. The molecule has 0 spiro atoms. The summed E-state index contributed by atoms with van der Waals surface area (Å²) in [6.07, 6.45) is 0.860. The highest BCUT2D eigenvalue weighted by Crippen LogP contribution is 2.19. The Morgan fingerprint density at radius 3 is 2.60 bits per heavy atom. The number of nitrogens with one attached hydrogen (secondary N) is 1. The molecule has 112 valence electrons. The zero-order chi connectivity index (χ0) is 15.2. The monoisotopic (exact) mass is 283 g/mol. The van der Waals surface area contributed by atoms with E-state index in [2.05, 4.69) is 5.32 Å². The average molecular weight is 283 g/mol. The number of carbonyl (C=O) groups is 1. The molecule has 0 saturated carbocycles. The zero-order valence-electron chi connectivity index (χ0n) is 12.1. The van der Waals surface area contributed by atoms with Crippen molar-refractivity contribution in [3.63, 3.8) is 0 Å². The summed E-state index contributed by atoms with van der Waals surface area (Å²) in [5, 5.41) is 12.9. The van der Waals surface area contributed by atoms with Crippen molar-refractivity contribution >= 4 is 5.91 Å². The zero-order valence-corrected chi connectivity index (χ0v) is 12.1. The molecule has 0 radical (unpaired) electrons. The fourth-order valence-corrected chi connectivity index (χ4v) is 1.57. The molecule has 1 aromatic rings. The maximum absolute atomic E-state index is 12.8. The Bertz CT molecular complexity index is 431. The molecule has 0 fully saturated rings. The standard InChI is InChI=1S/C15H22FNO3/c1-4-11(2)20-9-14(18)17-10-15(3,19)12-5-7-13(16)8-6-12/h5-8,11,19H,4,9-10H2,1-3H3,(H,17,18). The Kier molecular flexibility index (Phi) is 6.10. The first-order valence-electron chi connectivity index (χ1n) is 6.72. The predicted octanol–water partition coefficient (Wildman–Crippen LogP) is 1.96. The average Bonchev–Trinajstić information content (AvgIpc) is 2.43. The minimum atomic E-state index is -1.25. The lowest BCUT2D eigenvalue weighted by molar-refractivity contribution is -0.128. The van der Waals surface area contributed by atoms with E-state index >= 15 is 0 Å². The molecular weight excluding hydrogens is 261 g/mol. The predicted molar refractivity (Wildman–Crippen MR) is 74.7 cm³/mol. The van der Waals surface area contributed by atoms with Crippen LogP contribution >= 0.6 is 0 Å². The van der Waals surface area contributed by atoms with Crippen molar-refractivity contribution in [1.82, 2.24) is 5.32 Å². The number of hydrogen-bond donors (Lipinski definition) is 2. The van der Waals surface area contributed by atoms with Gasteiger partial charge in [0.25, 0.3) is 0 Å². The second-order valence-corrected chi connectivity index (χ2v) is 5.09. The van der Waals surface area contributed by atoms with E-state index < -0.39 is 5.60 Å². The van der Waals surface area contributed by atoms with Crippen LogP contribution in [0.15, 0.2) is 24.3 Å².